The lowest BCUT2D eigenvalue weighted by atomic mass is 10.1. The Balaban J connectivity index is 1.98. The van der Waals surface area contributed by atoms with Crippen molar-refractivity contribution in [3.63, 3.8) is 0 Å². The van der Waals surface area contributed by atoms with Gasteiger partial charge in [-0.3, -0.25) is 4.79 Å². The number of ether oxygens (including phenoxy) is 4. The number of carbonyl (C=O) groups is 1. The third-order valence-electron chi connectivity index (χ3n) is 4.88. The van der Waals surface area contributed by atoms with E-state index in [0.717, 1.165) is 11.1 Å². The maximum Gasteiger partial charge on any atom is 0.207 e. The molecule has 32 heavy (non-hydrogen) atoms. The van der Waals surface area contributed by atoms with Crippen LogP contribution in [-0.2, 0) is 6.61 Å². The second-order valence-corrected chi connectivity index (χ2v) is 6.86. The van der Waals surface area contributed by atoms with Gasteiger partial charge in [-0.15, -0.1) is 0 Å². The molecule has 0 aliphatic heterocycles. The lowest BCUT2D eigenvalue weighted by Crippen LogP contribution is -2.03. The van der Waals surface area contributed by atoms with Crippen LogP contribution in [0.2, 0.25) is 0 Å². The van der Waals surface area contributed by atoms with Crippen LogP contribution in [0, 0.1) is 0 Å². The number of methoxy groups -OCH3 is 3. The average Bonchev–Trinajstić information content (AvgIpc) is 2.85. The Hall–Kier alpha value is -3.99. The van der Waals surface area contributed by atoms with Crippen LogP contribution < -0.4 is 18.9 Å². The minimum absolute atomic E-state index is 0.136. The number of ketones is 1. The molecule has 0 bridgehead atoms. The van der Waals surface area contributed by atoms with E-state index < -0.39 is 0 Å². The van der Waals surface area contributed by atoms with Gasteiger partial charge in [-0.1, -0.05) is 67.3 Å². The normalized spacial score (nSPS) is 10.6. The maximum atomic E-state index is 12.7. The highest BCUT2D eigenvalue weighted by Crippen LogP contribution is 2.47. The van der Waals surface area contributed by atoms with Gasteiger partial charge in [-0.05, 0) is 29.3 Å². The van der Waals surface area contributed by atoms with Crippen LogP contribution in [0.5, 0.6) is 23.0 Å². The zero-order valence-electron chi connectivity index (χ0n) is 18.5. The lowest BCUT2D eigenvalue weighted by Gasteiger charge is -2.19. The molecule has 3 aromatic rings. The second kappa shape index (κ2) is 10.9. The van der Waals surface area contributed by atoms with Crippen molar-refractivity contribution >= 4 is 17.9 Å². The fraction of sp³-hybridized carbons (Fsp3) is 0.148. The summed E-state index contributed by atoms with van der Waals surface area (Å²) in [6.45, 7) is 4.05. The first-order chi connectivity index (χ1) is 15.6. The Morgan fingerprint density at radius 2 is 1.56 bits per heavy atom. The standard InChI is InChI=1S/C27H26O5/c1-5-19-11-13-21(14-12-19)23(28)16-15-22-17-24(29-2)26(30-3)27(31-4)25(22)32-18-20-9-7-6-8-10-20/h5-17H,1,18H2,2-4H3. The van der Waals surface area contributed by atoms with E-state index in [1.54, 1.807) is 37.5 Å². The molecule has 164 valence electrons. The molecule has 0 radical (unpaired) electrons. The largest absolute Gasteiger partial charge is 0.493 e. The first-order valence-corrected chi connectivity index (χ1v) is 10.1. The molecule has 0 amide bonds. The van der Waals surface area contributed by atoms with Crippen molar-refractivity contribution in [2.24, 2.45) is 0 Å². The van der Waals surface area contributed by atoms with E-state index in [1.165, 1.54) is 20.3 Å². The van der Waals surface area contributed by atoms with Gasteiger partial charge in [0.15, 0.2) is 17.3 Å². The molecule has 0 aliphatic rings. The summed E-state index contributed by atoms with van der Waals surface area (Å²) in [4.78, 5) is 12.7. The van der Waals surface area contributed by atoms with Gasteiger partial charge in [0.25, 0.3) is 0 Å². The fourth-order valence-electron chi connectivity index (χ4n) is 3.20. The van der Waals surface area contributed by atoms with E-state index in [9.17, 15) is 4.79 Å². The molecular formula is C27H26O5. The minimum atomic E-state index is -0.136. The Morgan fingerprint density at radius 1 is 0.875 bits per heavy atom. The third-order valence-corrected chi connectivity index (χ3v) is 4.88. The van der Waals surface area contributed by atoms with Gasteiger partial charge in [0.2, 0.25) is 11.5 Å². The van der Waals surface area contributed by atoms with Gasteiger partial charge < -0.3 is 18.9 Å². The van der Waals surface area contributed by atoms with Crippen molar-refractivity contribution < 1.29 is 23.7 Å². The van der Waals surface area contributed by atoms with Crippen molar-refractivity contribution in [1.82, 2.24) is 0 Å². The number of hydrogen-bond donors (Lipinski definition) is 0. The Kier molecular flexibility index (Phi) is 7.70. The maximum absolute atomic E-state index is 12.7. The number of rotatable bonds is 10. The Bertz CT molecular complexity index is 1100. The Labute approximate surface area is 188 Å². The lowest BCUT2D eigenvalue weighted by molar-refractivity contribution is 0.104. The molecular weight excluding hydrogens is 404 g/mol. The third kappa shape index (κ3) is 5.19. The van der Waals surface area contributed by atoms with Crippen molar-refractivity contribution in [2.45, 2.75) is 6.61 Å². The molecule has 0 saturated carbocycles. The van der Waals surface area contributed by atoms with Crippen LogP contribution in [0.1, 0.15) is 27.0 Å². The van der Waals surface area contributed by atoms with Gasteiger partial charge >= 0.3 is 0 Å². The molecule has 0 atom stereocenters. The smallest absolute Gasteiger partial charge is 0.207 e. The quantitative estimate of drug-likeness (QED) is 0.299. The van der Waals surface area contributed by atoms with Crippen LogP contribution in [0.4, 0.5) is 0 Å². The molecule has 0 heterocycles. The van der Waals surface area contributed by atoms with E-state index in [-0.39, 0.29) is 5.78 Å². The zero-order chi connectivity index (χ0) is 22.9. The van der Waals surface area contributed by atoms with E-state index in [2.05, 4.69) is 6.58 Å². The first-order valence-electron chi connectivity index (χ1n) is 10.1. The molecule has 0 aromatic heterocycles. The van der Waals surface area contributed by atoms with E-state index in [0.29, 0.717) is 40.7 Å². The van der Waals surface area contributed by atoms with Crippen molar-refractivity contribution in [3.05, 3.63) is 95.6 Å². The summed E-state index contributed by atoms with van der Waals surface area (Å²) in [5.41, 5.74) is 3.15. The second-order valence-electron chi connectivity index (χ2n) is 6.86. The number of allylic oxidation sites excluding steroid dienone is 1. The predicted octanol–water partition coefficient (Wildman–Crippen LogP) is 5.83. The fourth-order valence-corrected chi connectivity index (χ4v) is 3.20. The summed E-state index contributed by atoms with van der Waals surface area (Å²) in [7, 11) is 4.61. The Morgan fingerprint density at radius 3 is 2.16 bits per heavy atom. The van der Waals surface area contributed by atoms with E-state index in [1.807, 2.05) is 42.5 Å². The van der Waals surface area contributed by atoms with Crippen LogP contribution >= 0.6 is 0 Å². The van der Waals surface area contributed by atoms with E-state index in [4.69, 9.17) is 18.9 Å². The minimum Gasteiger partial charge on any atom is -0.493 e. The van der Waals surface area contributed by atoms with E-state index >= 15 is 0 Å². The highest BCUT2D eigenvalue weighted by Gasteiger charge is 2.21. The highest BCUT2D eigenvalue weighted by molar-refractivity contribution is 6.07. The number of benzene rings is 3. The summed E-state index contributed by atoms with van der Waals surface area (Å²) in [6, 6.07) is 18.8. The molecule has 0 saturated heterocycles. The molecule has 3 rings (SSSR count). The summed E-state index contributed by atoms with van der Waals surface area (Å²) in [6.07, 6.45) is 4.92. The summed E-state index contributed by atoms with van der Waals surface area (Å²) < 4.78 is 22.7. The summed E-state index contributed by atoms with van der Waals surface area (Å²) in [5.74, 6) is 1.61. The predicted molar refractivity (Wildman–Crippen MR) is 127 cm³/mol. The molecule has 0 fully saturated rings. The van der Waals surface area contributed by atoms with Crippen molar-refractivity contribution in [3.8, 4) is 23.0 Å². The molecule has 0 aliphatic carbocycles. The number of hydrogen-bond acceptors (Lipinski definition) is 5. The zero-order valence-corrected chi connectivity index (χ0v) is 18.5. The van der Waals surface area contributed by atoms with Crippen LogP contribution in [-0.4, -0.2) is 27.1 Å². The van der Waals surface area contributed by atoms with Gasteiger partial charge in [0.1, 0.15) is 6.61 Å². The first kappa shape index (κ1) is 22.7. The molecule has 0 N–H and O–H groups in total. The molecule has 5 nitrogen and oxygen atoms in total. The highest BCUT2D eigenvalue weighted by atomic mass is 16.5. The van der Waals surface area contributed by atoms with Gasteiger partial charge in [-0.2, -0.15) is 0 Å². The number of carbonyl (C=O) groups excluding carboxylic acids is 1. The summed E-state index contributed by atoms with van der Waals surface area (Å²) in [5, 5.41) is 0. The van der Waals surface area contributed by atoms with Gasteiger partial charge in [0.05, 0.1) is 21.3 Å². The monoisotopic (exact) mass is 430 g/mol. The topological polar surface area (TPSA) is 54.0 Å². The van der Waals surface area contributed by atoms with Crippen LogP contribution in [0.3, 0.4) is 0 Å². The van der Waals surface area contributed by atoms with Gasteiger partial charge in [0, 0.05) is 11.1 Å². The SMILES string of the molecule is C=Cc1ccc(C(=O)C=Cc2cc(OC)c(OC)c(OC)c2OCc2ccccc2)cc1. The van der Waals surface area contributed by atoms with Crippen molar-refractivity contribution in [1.29, 1.82) is 0 Å². The van der Waals surface area contributed by atoms with Crippen molar-refractivity contribution in [2.75, 3.05) is 21.3 Å². The molecule has 3 aromatic carbocycles. The average molecular weight is 431 g/mol. The summed E-state index contributed by atoms with van der Waals surface area (Å²) >= 11 is 0. The molecule has 0 unspecified atom stereocenters. The van der Waals surface area contributed by atoms with Gasteiger partial charge in [-0.25, -0.2) is 0 Å². The van der Waals surface area contributed by atoms with Crippen LogP contribution in [0.15, 0.2) is 73.3 Å². The molecule has 5 heteroatoms. The van der Waals surface area contributed by atoms with Crippen LogP contribution in [0.25, 0.3) is 12.2 Å². The molecule has 0 spiro atoms.